The molecule has 106 valence electrons. The zero-order valence-electron chi connectivity index (χ0n) is 10.4. The topological polar surface area (TPSA) is 89.7 Å². The van der Waals surface area contributed by atoms with Crippen LogP contribution in [0.3, 0.4) is 0 Å². The van der Waals surface area contributed by atoms with E-state index in [2.05, 4.69) is 9.68 Å². The molecule has 0 radical (unpaired) electrons. The Morgan fingerprint density at radius 1 is 1.24 bits per heavy atom. The molecule has 1 aromatic carbocycles. The van der Waals surface area contributed by atoms with Crippen molar-refractivity contribution in [3.05, 3.63) is 52.9 Å². The lowest BCUT2D eigenvalue weighted by molar-refractivity contribution is -0.0590. The van der Waals surface area contributed by atoms with E-state index >= 15 is 0 Å². The Hall–Kier alpha value is -3.03. The number of amides is 2. The largest absolute Gasteiger partial charge is 0.385 e. The monoisotopic (exact) mass is 290 g/mol. The standard InChI is InChI=1S/C13H7FN2O5/c14-6-7-5-10(15-20-7)13(19)21-16-11(17)8-3-1-2-4-9(8)12(16)18/h1-5H,6H2. The van der Waals surface area contributed by atoms with Gasteiger partial charge in [0.05, 0.1) is 11.1 Å². The van der Waals surface area contributed by atoms with Crippen LogP contribution in [-0.4, -0.2) is 28.0 Å². The molecule has 0 saturated carbocycles. The van der Waals surface area contributed by atoms with Crippen molar-refractivity contribution in [1.29, 1.82) is 0 Å². The molecule has 1 aliphatic rings. The van der Waals surface area contributed by atoms with Crippen LogP contribution in [0.1, 0.15) is 37.0 Å². The van der Waals surface area contributed by atoms with E-state index in [4.69, 9.17) is 4.84 Å². The quantitative estimate of drug-likeness (QED) is 0.796. The number of carbonyl (C=O) groups excluding carboxylic acids is 3. The lowest BCUT2D eigenvalue weighted by Gasteiger charge is -2.10. The predicted octanol–water partition coefficient (Wildman–Crippen LogP) is 1.51. The Balaban J connectivity index is 1.82. The minimum atomic E-state index is -1.09. The van der Waals surface area contributed by atoms with Gasteiger partial charge in [-0.3, -0.25) is 9.59 Å². The molecule has 8 heteroatoms. The summed E-state index contributed by atoms with van der Waals surface area (Å²) >= 11 is 0. The molecule has 0 saturated heterocycles. The summed E-state index contributed by atoms with van der Waals surface area (Å²) in [5.74, 6) is -2.76. The molecule has 7 nitrogen and oxygen atoms in total. The fraction of sp³-hybridized carbons (Fsp3) is 0.0769. The highest BCUT2D eigenvalue weighted by atomic mass is 19.1. The smallest absolute Gasteiger partial charge is 0.358 e. The molecule has 0 fully saturated rings. The van der Waals surface area contributed by atoms with Gasteiger partial charge in [-0.25, -0.2) is 9.18 Å². The number of imide groups is 1. The molecule has 2 amide bonds. The highest BCUT2D eigenvalue weighted by molar-refractivity contribution is 6.21. The number of carbonyl (C=O) groups is 3. The number of benzene rings is 1. The number of fused-ring (bicyclic) bond motifs is 1. The molecular weight excluding hydrogens is 283 g/mol. The summed E-state index contributed by atoms with van der Waals surface area (Å²) in [6.45, 7) is -0.937. The second-order valence-corrected chi connectivity index (χ2v) is 4.14. The van der Waals surface area contributed by atoms with Gasteiger partial charge >= 0.3 is 5.97 Å². The van der Waals surface area contributed by atoms with Crippen LogP contribution in [0.5, 0.6) is 0 Å². The third-order valence-electron chi connectivity index (χ3n) is 2.83. The fourth-order valence-electron chi connectivity index (χ4n) is 1.85. The van der Waals surface area contributed by atoms with Crippen LogP contribution in [0.25, 0.3) is 0 Å². The Morgan fingerprint density at radius 2 is 1.86 bits per heavy atom. The molecule has 3 rings (SSSR count). The van der Waals surface area contributed by atoms with E-state index in [0.717, 1.165) is 6.07 Å². The number of hydroxylamine groups is 2. The second kappa shape index (κ2) is 4.82. The fourth-order valence-corrected chi connectivity index (χ4v) is 1.85. The van der Waals surface area contributed by atoms with Crippen molar-refractivity contribution in [1.82, 2.24) is 10.2 Å². The minimum absolute atomic E-state index is 0.139. The summed E-state index contributed by atoms with van der Waals surface area (Å²) in [5.41, 5.74) is -0.0565. The van der Waals surface area contributed by atoms with E-state index in [1.807, 2.05) is 0 Å². The van der Waals surface area contributed by atoms with Gasteiger partial charge in [-0.1, -0.05) is 22.4 Å². The summed E-state index contributed by atoms with van der Waals surface area (Å²) in [6, 6.07) is 7.09. The lowest BCUT2D eigenvalue weighted by atomic mass is 10.1. The van der Waals surface area contributed by atoms with Gasteiger partial charge in [0.2, 0.25) is 0 Å². The van der Waals surface area contributed by atoms with Gasteiger partial charge in [-0.2, -0.15) is 0 Å². The number of hydrogen-bond acceptors (Lipinski definition) is 6. The molecule has 0 N–H and O–H groups in total. The van der Waals surface area contributed by atoms with Gasteiger partial charge in [-0.15, -0.1) is 0 Å². The summed E-state index contributed by atoms with van der Waals surface area (Å²) in [5, 5.41) is 3.63. The minimum Gasteiger partial charge on any atom is -0.358 e. The first-order chi connectivity index (χ1) is 10.1. The van der Waals surface area contributed by atoms with E-state index in [-0.39, 0.29) is 22.6 Å². The van der Waals surface area contributed by atoms with Gasteiger partial charge in [0, 0.05) is 6.07 Å². The number of rotatable bonds is 3. The summed E-state index contributed by atoms with van der Waals surface area (Å²) in [7, 11) is 0. The Labute approximate surface area is 116 Å². The van der Waals surface area contributed by atoms with Crippen LogP contribution in [0.4, 0.5) is 4.39 Å². The normalized spacial score (nSPS) is 13.5. The average molecular weight is 290 g/mol. The molecule has 21 heavy (non-hydrogen) atoms. The van der Waals surface area contributed by atoms with Gasteiger partial charge in [0.25, 0.3) is 11.8 Å². The summed E-state index contributed by atoms with van der Waals surface area (Å²) < 4.78 is 16.8. The maximum absolute atomic E-state index is 12.3. The van der Waals surface area contributed by atoms with E-state index in [0.29, 0.717) is 5.06 Å². The third kappa shape index (κ3) is 2.06. The number of halogens is 1. The van der Waals surface area contributed by atoms with Gasteiger partial charge in [-0.05, 0) is 12.1 Å². The van der Waals surface area contributed by atoms with Crippen LogP contribution < -0.4 is 0 Å². The molecular formula is C13H7FN2O5. The number of nitrogens with zero attached hydrogens (tertiary/aromatic N) is 2. The molecule has 0 unspecified atom stereocenters. The van der Waals surface area contributed by atoms with E-state index < -0.39 is 24.5 Å². The zero-order valence-corrected chi connectivity index (χ0v) is 10.4. The number of alkyl halides is 1. The molecule has 1 aromatic heterocycles. The average Bonchev–Trinajstić information content (AvgIpc) is 3.07. The van der Waals surface area contributed by atoms with Crippen LogP contribution in [-0.2, 0) is 11.5 Å². The first kappa shape index (κ1) is 13.0. The maximum Gasteiger partial charge on any atom is 0.385 e. The molecule has 0 bridgehead atoms. The van der Waals surface area contributed by atoms with Crippen LogP contribution in [0.2, 0.25) is 0 Å². The number of hydrogen-bond donors (Lipinski definition) is 0. The van der Waals surface area contributed by atoms with Crippen molar-refractivity contribution < 1.29 is 28.1 Å². The first-order valence-corrected chi connectivity index (χ1v) is 5.83. The van der Waals surface area contributed by atoms with Crippen molar-refractivity contribution in [2.75, 3.05) is 0 Å². The third-order valence-corrected chi connectivity index (χ3v) is 2.83. The van der Waals surface area contributed by atoms with Crippen LogP contribution in [0.15, 0.2) is 34.9 Å². The van der Waals surface area contributed by atoms with Crippen molar-refractivity contribution in [3.63, 3.8) is 0 Å². The number of aromatic nitrogens is 1. The van der Waals surface area contributed by atoms with E-state index in [9.17, 15) is 18.8 Å². The first-order valence-electron chi connectivity index (χ1n) is 5.83. The summed E-state index contributed by atoms with van der Waals surface area (Å²) in [6.07, 6.45) is 0. The predicted molar refractivity (Wildman–Crippen MR) is 63.7 cm³/mol. The van der Waals surface area contributed by atoms with E-state index in [1.165, 1.54) is 12.1 Å². The summed E-state index contributed by atoms with van der Waals surface area (Å²) in [4.78, 5) is 40.4. The van der Waals surface area contributed by atoms with Crippen LogP contribution in [0, 0.1) is 0 Å². The van der Waals surface area contributed by atoms with Crippen molar-refractivity contribution in [3.8, 4) is 0 Å². The van der Waals surface area contributed by atoms with Gasteiger partial charge in [0.1, 0.15) is 6.67 Å². The molecule has 1 aliphatic heterocycles. The maximum atomic E-state index is 12.3. The van der Waals surface area contributed by atoms with E-state index in [1.54, 1.807) is 12.1 Å². The zero-order chi connectivity index (χ0) is 15.0. The Bertz CT molecular complexity index is 720. The molecule has 2 aromatic rings. The lowest BCUT2D eigenvalue weighted by Crippen LogP contribution is -2.32. The van der Waals surface area contributed by atoms with Gasteiger partial charge in [0.15, 0.2) is 11.5 Å². The highest BCUT2D eigenvalue weighted by Crippen LogP contribution is 2.23. The highest BCUT2D eigenvalue weighted by Gasteiger charge is 2.39. The van der Waals surface area contributed by atoms with Crippen molar-refractivity contribution >= 4 is 17.8 Å². The SMILES string of the molecule is O=C(ON1C(=O)c2ccccc2C1=O)c1cc(CF)on1. The van der Waals surface area contributed by atoms with Crippen molar-refractivity contribution in [2.24, 2.45) is 0 Å². The molecule has 0 aliphatic carbocycles. The molecule has 0 spiro atoms. The Morgan fingerprint density at radius 3 is 2.38 bits per heavy atom. The van der Waals surface area contributed by atoms with Crippen molar-refractivity contribution in [2.45, 2.75) is 6.67 Å². The molecule has 2 heterocycles. The second-order valence-electron chi connectivity index (χ2n) is 4.14. The molecule has 0 atom stereocenters. The Kier molecular flexibility index (Phi) is 2.98. The van der Waals surface area contributed by atoms with Crippen LogP contribution >= 0.6 is 0 Å². The van der Waals surface area contributed by atoms with Gasteiger partial charge < -0.3 is 9.36 Å².